The average Bonchev–Trinajstić information content (AvgIpc) is 3.20. The standard InChI is InChI=1S/C20H25N7O/c1-16-6-5-7-17(21-16)14-25-11-12-26(15-19(25)10-13-28)20-22-23-24-27(20)18-8-3-2-4-9-18/h2-9,19,28H,10-15H2,1H3. The van der Waals surface area contributed by atoms with Gasteiger partial charge in [-0.2, -0.15) is 4.68 Å². The second-order valence-corrected chi connectivity index (χ2v) is 7.08. The summed E-state index contributed by atoms with van der Waals surface area (Å²) in [6, 6.07) is 16.2. The van der Waals surface area contributed by atoms with E-state index in [1.165, 1.54) is 0 Å². The molecular formula is C20H25N7O. The largest absolute Gasteiger partial charge is 0.396 e. The van der Waals surface area contributed by atoms with E-state index in [9.17, 15) is 5.11 Å². The summed E-state index contributed by atoms with van der Waals surface area (Å²) in [6.07, 6.45) is 0.704. The van der Waals surface area contributed by atoms with E-state index >= 15 is 0 Å². The number of nitrogens with zero attached hydrogens (tertiary/aromatic N) is 7. The zero-order chi connectivity index (χ0) is 19.3. The van der Waals surface area contributed by atoms with E-state index in [2.05, 4.69) is 36.4 Å². The molecule has 0 aliphatic carbocycles. The molecule has 1 atom stereocenters. The van der Waals surface area contributed by atoms with Gasteiger partial charge in [-0.05, 0) is 48.0 Å². The van der Waals surface area contributed by atoms with Crippen molar-refractivity contribution in [1.29, 1.82) is 0 Å². The molecule has 4 rings (SSSR count). The Morgan fingerprint density at radius 1 is 1.07 bits per heavy atom. The van der Waals surface area contributed by atoms with Gasteiger partial charge in [-0.3, -0.25) is 9.88 Å². The van der Waals surface area contributed by atoms with E-state index in [4.69, 9.17) is 0 Å². The number of aryl methyl sites for hydroxylation is 1. The molecule has 1 unspecified atom stereocenters. The minimum absolute atomic E-state index is 0.153. The number of tetrazole rings is 1. The quantitative estimate of drug-likeness (QED) is 0.694. The number of aliphatic hydroxyl groups excluding tert-OH is 1. The number of aliphatic hydroxyl groups is 1. The van der Waals surface area contributed by atoms with Gasteiger partial charge in [0.2, 0.25) is 5.95 Å². The van der Waals surface area contributed by atoms with Gasteiger partial charge < -0.3 is 10.0 Å². The molecule has 3 aromatic rings. The number of hydrogen-bond acceptors (Lipinski definition) is 7. The molecule has 0 bridgehead atoms. The normalized spacial score (nSPS) is 17.8. The molecule has 1 saturated heterocycles. The van der Waals surface area contributed by atoms with Crippen LogP contribution in [-0.4, -0.2) is 67.5 Å². The summed E-state index contributed by atoms with van der Waals surface area (Å²) < 4.78 is 1.77. The lowest BCUT2D eigenvalue weighted by molar-refractivity contribution is 0.133. The Hall–Kier alpha value is -2.84. The minimum Gasteiger partial charge on any atom is -0.396 e. The Labute approximate surface area is 164 Å². The third-order valence-electron chi connectivity index (χ3n) is 5.11. The van der Waals surface area contributed by atoms with Crippen LogP contribution >= 0.6 is 0 Å². The van der Waals surface area contributed by atoms with Gasteiger partial charge in [0.25, 0.3) is 0 Å². The van der Waals surface area contributed by atoms with Gasteiger partial charge >= 0.3 is 0 Å². The third-order valence-corrected chi connectivity index (χ3v) is 5.11. The van der Waals surface area contributed by atoms with Crippen LogP contribution in [0.25, 0.3) is 5.69 Å². The van der Waals surface area contributed by atoms with Gasteiger partial charge in [0.05, 0.1) is 11.4 Å². The summed E-state index contributed by atoms with van der Waals surface area (Å²) in [4.78, 5) is 9.23. The first-order valence-electron chi connectivity index (χ1n) is 9.61. The van der Waals surface area contributed by atoms with E-state index in [-0.39, 0.29) is 12.6 Å². The van der Waals surface area contributed by atoms with Crippen molar-refractivity contribution in [3.05, 3.63) is 59.9 Å². The van der Waals surface area contributed by atoms with Crippen LogP contribution in [-0.2, 0) is 6.54 Å². The fourth-order valence-electron chi connectivity index (χ4n) is 3.72. The van der Waals surface area contributed by atoms with Crippen molar-refractivity contribution in [3.63, 3.8) is 0 Å². The topological polar surface area (TPSA) is 83.2 Å². The van der Waals surface area contributed by atoms with Crippen molar-refractivity contribution in [1.82, 2.24) is 30.1 Å². The van der Waals surface area contributed by atoms with Crippen molar-refractivity contribution in [2.24, 2.45) is 0 Å². The van der Waals surface area contributed by atoms with E-state index in [1.807, 2.05) is 49.4 Å². The fraction of sp³-hybridized carbons (Fsp3) is 0.400. The van der Waals surface area contributed by atoms with Crippen LogP contribution in [0.15, 0.2) is 48.5 Å². The van der Waals surface area contributed by atoms with Gasteiger partial charge in [-0.1, -0.05) is 29.4 Å². The first-order chi connectivity index (χ1) is 13.7. The maximum absolute atomic E-state index is 9.59. The summed E-state index contributed by atoms with van der Waals surface area (Å²) in [7, 11) is 0. The Morgan fingerprint density at radius 2 is 1.93 bits per heavy atom. The van der Waals surface area contributed by atoms with Crippen molar-refractivity contribution in [2.45, 2.75) is 25.9 Å². The van der Waals surface area contributed by atoms with Crippen LogP contribution < -0.4 is 4.90 Å². The number of benzene rings is 1. The Balaban J connectivity index is 1.52. The molecule has 3 heterocycles. The average molecular weight is 379 g/mol. The molecule has 0 saturated carbocycles. The first kappa shape index (κ1) is 18.5. The van der Waals surface area contributed by atoms with E-state index in [0.29, 0.717) is 6.42 Å². The highest BCUT2D eigenvalue weighted by Gasteiger charge is 2.29. The van der Waals surface area contributed by atoms with Gasteiger partial charge in [-0.25, -0.2) is 0 Å². The van der Waals surface area contributed by atoms with Gasteiger partial charge in [0.1, 0.15) is 0 Å². The smallest absolute Gasteiger partial charge is 0.250 e. The number of para-hydroxylation sites is 1. The number of aromatic nitrogens is 5. The minimum atomic E-state index is 0.153. The number of hydrogen-bond donors (Lipinski definition) is 1. The second-order valence-electron chi connectivity index (χ2n) is 7.08. The van der Waals surface area contributed by atoms with Crippen LogP contribution in [0.1, 0.15) is 17.8 Å². The molecule has 1 N–H and O–H groups in total. The van der Waals surface area contributed by atoms with Gasteiger partial charge in [-0.15, -0.1) is 0 Å². The number of anilines is 1. The maximum Gasteiger partial charge on any atom is 0.250 e. The maximum atomic E-state index is 9.59. The fourth-order valence-corrected chi connectivity index (χ4v) is 3.72. The molecule has 8 heteroatoms. The Kier molecular flexibility index (Phi) is 5.59. The highest BCUT2D eigenvalue weighted by atomic mass is 16.3. The number of rotatable bonds is 6. The molecule has 0 radical (unpaired) electrons. The molecule has 8 nitrogen and oxygen atoms in total. The molecular weight excluding hydrogens is 354 g/mol. The summed E-state index contributed by atoms with van der Waals surface area (Å²) in [5.74, 6) is 0.738. The highest BCUT2D eigenvalue weighted by molar-refractivity contribution is 5.41. The van der Waals surface area contributed by atoms with E-state index in [1.54, 1.807) is 4.68 Å². The second kappa shape index (κ2) is 8.45. The lowest BCUT2D eigenvalue weighted by Gasteiger charge is -2.41. The van der Waals surface area contributed by atoms with Crippen LogP contribution in [0.3, 0.4) is 0 Å². The van der Waals surface area contributed by atoms with Gasteiger partial charge in [0, 0.05) is 44.5 Å². The van der Waals surface area contributed by atoms with Gasteiger partial charge in [0.15, 0.2) is 0 Å². The molecule has 1 aromatic carbocycles. The van der Waals surface area contributed by atoms with Crippen LogP contribution in [0.2, 0.25) is 0 Å². The molecule has 1 aliphatic rings. The summed E-state index contributed by atoms with van der Waals surface area (Å²) in [5.41, 5.74) is 3.02. The summed E-state index contributed by atoms with van der Waals surface area (Å²) >= 11 is 0. The number of piperazine rings is 1. The predicted octanol–water partition coefficient (Wildman–Crippen LogP) is 1.44. The summed E-state index contributed by atoms with van der Waals surface area (Å²) in [5, 5.41) is 21.9. The molecule has 2 aromatic heterocycles. The Morgan fingerprint density at radius 3 is 2.71 bits per heavy atom. The van der Waals surface area contributed by atoms with Crippen molar-refractivity contribution in [2.75, 3.05) is 31.1 Å². The van der Waals surface area contributed by atoms with Crippen LogP contribution in [0.4, 0.5) is 5.95 Å². The predicted molar refractivity (Wildman–Crippen MR) is 106 cm³/mol. The molecule has 28 heavy (non-hydrogen) atoms. The van der Waals surface area contributed by atoms with E-state index in [0.717, 1.165) is 49.2 Å². The SMILES string of the molecule is Cc1cccc(CN2CCN(c3nnnn3-c3ccccc3)CC2CCO)n1. The Bertz CT molecular complexity index is 898. The third kappa shape index (κ3) is 4.02. The highest BCUT2D eigenvalue weighted by Crippen LogP contribution is 2.22. The molecule has 1 fully saturated rings. The monoisotopic (exact) mass is 379 g/mol. The molecule has 1 aliphatic heterocycles. The van der Waals surface area contributed by atoms with Crippen LogP contribution in [0, 0.1) is 6.92 Å². The zero-order valence-electron chi connectivity index (χ0n) is 16.0. The number of pyridine rings is 1. The first-order valence-corrected chi connectivity index (χ1v) is 9.61. The molecule has 0 amide bonds. The zero-order valence-corrected chi connectivity index (χ0v) is 16.0. The van der Waals surface area contributed by atoms with E-state index < -0.39 is 0 Å². The van der Waals surface area contributed by atoms with Crippen molar-refractivity contribution >= 4 is 5.95 Å². The lowest BCUT2D eigenvalue weighted by atomic mass is 10.1. The van der Waals surface area contributed by atoms with Crippen LogP contribution in [0.5, 0.6) is 0 Å². The van der Waals surface area contributed by atoms with Crippen molar-refractivity contribution < 1.29 is 5.11 Å². The van der Waals surface area contributed by atoms with Crippen molar-refractivity contribution in [3.8, 4) is 5.69 Å². The molecule has 0 spiro atoms. The molecule has 146 valence electrons. The lowest BCUT2D eigenvalue weighted by Crippen LogP contribution is -2.53. The summed E-state index contributed by atoms with van der Waals surface area (Å²) in [6.45, 7) is 5.39.